The highest BCUT2D eigenvalue weighted by molar-refractivity contribution is 5.95. The molecule has 19 heavy (non-hydrogen) atoms. The number of carbonyl (C=O) groups is 2. The molecule has 102 valence electrons. The second-order valence-corrected chi connectivity index (χ2v) is 3.73. The molecule has 0 atom stereocenters. The average molecular weight is 267 g/mol. The summed E-state index contributed by atoms with van der Waals surface area (Å²) in [6, 6.07) is 5.71. The summed E-state index contributed by atoms with van der Waals surface area (Å²) in [5.41, 5.74) is 0.376. The molecule has 0 bridgehead atoms. The molecule has 0 aliphatic carbocycles. The maximum Gasteiger partial charge on any atom is 0.320 e. The molecule has 1 rings (SSSR count). The molecule has 0 spiro atoms. The minimum absolute atomic E-state index is 0.0129. The normalized spacial score (nSPS) is 10.1. The Hall–Kier alpha value is -2.44. The average Bonchev–Trinajstić information content (AvgIpc) is 2.43. The van der Waals surface area contributed by atoms with E-state index in [0.717, 1.165) is 14.2 Å². The standard InChI is InChI=1S/C12H13NO6/c1-18-11(14)10(12(15)19-2)7-8-4-3-5-9(6-8)13(16)17/h3-6,10H,7H2,1-2H3. The van der Waals surface area contributed by atoms with Crippen molar-refractivity contribution in [1.29, 1.82) is 0 Å². The number of carbonyl (C=O) groups excluding carboxylic acids is 2. The Bertz CT molecular complexity index is 483. The van der Waals surface area contributed by atoms with Gasteiger partial charge in [0.15, 0.2) is 5.92 Å². The number of benzene rings is 1. The molecule has 7 heteroatoms. The van der Waals surface area contributed by atoms with Gasteiger partial charge in [-0.15, -0.1) is 0 Å². The zero-order valence-corrected chi connectivity index (χ0v) is 10.5. The number of ether oxygens (including phenoxy) is 2. The van der Waals surface area contributed by atoms with Crippen LogP contribution in [0.5, 0.6) is 0 Å². The Morgan fingerprint density at radius 1 is 1.26 bits per heavy atom. The van der Waals surface area contributed by atoms with Gasteiger partial charge in [-0.1, -0.05) is 12.1 Å². The Morgan fingerprint density at radius 2 is 1.84 bits per heavy atom. The van der Waals surface area contributed by atoms with Crippen molar-refractivity contribution in [3.8, 4) is 0 Å². The number of methoxy groups -OCH3 is 2. The second-order valence-electron chi connectivity index (χ2n) is 3.73. The molecular weight excluding hydrogens is 254 g/mol. The number of hydrogen-bond donors (Lipinski definition) is 0. The minimum atomic E-state index is -1.13. The van der Waals surface area contributed by atoms with E-state index in [2.05, 4.69) is 9.47 Å². The smallest absolute Gasteiger partial charge is 0.320 e. The number of rotatable bonds is 5. The molecule has 0 amide bonds. The third-order valence-electron chi connectivity index (χ3n) is 2.53. The summed E-state index contributed by atoms with van der Waals surface area (Å²) in [5, 5.41) is 10.6. The molecule has 1 aromatic rings. The van der Waals surface area contributed by atoms with Crippen LogP contribution in [0.15, 0.2) is 24.3 Å². The number of esters is 2. The van der Waals surface area contributed by atoms with Crippen LogP contribution in [0.2, 0.25) is 0 Å². The van der Waals surface area contributed by atoms with E-state index in [1.165, 1.54) is 18.2 Å². The molecule has 1 aromatic carbocycles. The first-order valence-corrected chi connectivity index (χ1v) is 5.38. The molecule has 0 unspecified atom stereocenters. The number of hydrogen-bond acceptors (Lipinski definition) is 6. The van der Waals surface area contributed by atoms with Crippen molar-refractivity contribution in [2.75, 3.05) is 14.2 Å². The van der Waals surface area contributed by atoms with Crippen LogP contribution in [0, 0.1) is 16.0 Å². The van der Waals surface area contributed by atoms with Crippen LogP contribution in [0.25, 0.3) is 0 Å². The molecule has 0 heterocycles. The minimum Gasteiger partial charge on any atom is -0.468 e. The monoisotopic (exact) mass is 267 g/mol. The highest BCUT2D eigenvalue weighted by Crippen LogP contribution is 2.17. The molecule has 0 N–H and O–H groups in total. The van der Waals surface area contributed by atoms with Gasteiger partial charge in [0.2, 0.25) is 0 Å². The first-order valence-electron chi connectivity index (χ1n) is 5.38. The van der Waals surface area contributed by atoms with Crippen LogP contribution in [-0.2, 0) is 25.5 Å². The quantitative estimate of drug-likeness (QED) is 0.343. The fraction of sp³-hybridized carbons (Fsp3) is 0.333. The van der Waals surface area contributed by atoms with Crippen molar-refractivity contribution in [3.05, 3.63) is 39.9 Å². The number of non-ortho nitro benzene ring substituents is 1. The highest BCUT2D eigenvalue weighted by atomic mass is 16.6. The molecule has 0 saturated carbocycles. The fourth-order valence-electron chi connectivity index (χ4n) is 1.58. The molecule has 0 aliphatic heterocycles. The molecule has 0 fully saturated rings. The lowest BCUT2D eigenvalue weighted by Crippen LogP contribution is -2.28. The maximum atomic E-state index is 11.5. The van der Waals surface area contributed by atoms with E-state index in [0.29, 0.717) is 5.56 Å². The molecule has 0 radical (unpaired) electrons. The lowest BCUT2D eigenvalue weighted by atomic mass is 9.99. The van der Waals surface area contributed by atoms with Crippen molar-refractivity contribution in [1.82, 2.24) is 0 Å². The molecule has 0 aliphatic rings. The van der Waals surface area contributed by atoms with Crippen molar-refractivity contribution in [3.63, 3.8) is 0 Å². The third kappa shape index (κ3) is 3.77. The van der Waals surface area contributed by atoms with Crippen molar-refractivity contribution >= 4 is 17.6 Å². The van der Waals surface area contributed by atoms with Crippen LogP contribution in [0.1, 0.15) is 5.56 Å². The van der Waals surface area contributed by atoms with Gasteiger partial charge >= 0.3 is 11.9 Å². The topological polar surface area (TPSA) is 95.7 Å². The predicted molar refractivity (Wildman–Crippen MR) is 64.3 cm³/mol. The Kier molecular flexibility index (Phi) is 4.99. The Morgan fingerprint density at radius 3 is 2.32 bits per heavy atom. The van der Waals surface area contributed by atoms with Gasteiger partial charge in [0, 0.05) is 12.1 Å². The third-order valence-corrected chi connectivity index (χ3v) is 2.53. The van der Waals surface area contributed by atoms with E-state index in [1.54, 1.807) is 6.07 Å². The van der Waals surface area contributed by atoms with Gasteiger partial charge in [-0.3, -0.25) is 19.7 Å². The lowest BCUT2D eigenvalue weighted by molar-refractivity contribution is -0.384. The maximum absolute atomic E-state index is 11.5. The van der Waals surface area contributed by atoms with Gasteiger partial charge in [-0.2, -0.15) is 0 Å². The molecule has 0 saturated heterocycles. The van der Waals surface area contributed by atoms with E-state index in [1.807, 2.05) is 0 Å². The van der Waals surface area contributed by atoms with Gasteiger partial charge in [-0.25, -0.2) is 0 Å². The summed E-state index contributed by atoms with van der Waals surface area (Å²) < 4.78 is 9.02. The van der Waals surface area contributed by atoms with Gasteiger partial charge in [-0.05, 0) is 12.0 Å². The Balaban J connectivity index is 2.96. The summed E-state index contributed by atoms with van der Waals surface area (Å²) in [7, 11) is 2.32. The SMILES string of the molecule is COC(=O)C(Cc1cccc([N+](=O)[O-])c1)C(=O)OC. The van der Waals surface area contributed by atoms with E-state index >= 15 is 0 Å². The van der Waals surface area contributed by atoms with Gasteiger partial charge in [0.1, 0.15) is 0 Å². The van der Waals surface area contributed by atoms with E-state index < -0.39 is 22.8 Å². The molecule has 7 nitrogen and oxygen atoms in total. The van der Waals surface area contributed by atoms with Crippen molar-refractivity contribution in [2.45, 2.75) is 6.42 Å². The molecular formula is C12H13NO6. The summed E-state index contributed by atoms with van der Waals surface area (Å²) >= 11 is 0. The first-order chi connectivity index (χ1) is 8.99. The fourth-order valence-corrected chi connectivity index (χ4v) is 1.58. The first kappa shape index (κ1) is 14.6. The summed E-state index contributed by atoms with van der Waals surface area (Å²) in [6.45, 7) is 0. The van der Waals surface area contributed by atoms with Crippen LogP contribution in [0.3, 0.4) is 0 Å². The zero-order chi connectivity index (χ0) is 14.4. The Labute approximate surface area is 109 Å². The van der Waals surface area contributed by atoms with Crippen LogP contribution >= 0.6 is 0 Å². The highest BCUT2D eigenvalue weighted by Gasteiger charge is 2.29. The van der Waals surface area contributed by atoms with Gasteiger partial charge in [0.05, 0.1) is 19.1 Å². The number of nitrogens with zero attached hydrogens (tertiary/aromatic N) is 1. The summed E-state index contributed by atoms with van der Waals surface area (Å²) in [4.78, 5) is 33.1. The van der Waals surface area contributed by atoms with E-state index in [4.69, 9.17) is 0 Å². The summed E-state index contributed by atoms with van der Waals surface area (Å²) in [6.07, 6.45) is -0.0129. The second kappa shape index (κ2) is 6.48. The summed E-state index contributed by atoms with van der Waals surface area (Å²) in [5.74, 6) is -2.60. The van der Waals surface area contributed by atoms with Gasteiger partial charge in [0.25, 0.3) is 5.69 Å². The van der Waals surface area contributed by atoms with E-state index in [9.17, 15) is 19.7 Å². The number of nitro groups is 1. The number of nitro benzene ring substituents is 1. The lowest BCUT2D eigenvalue weighted by Gasteiger charge is -2.12. The van der Waals surface area contributed by atoms with Gasteiger partial charge < -0.3 is 9.47 Å². The van der Waals surface area contributed by atoms with Crippen LogP contribution in [-0.4, -0.2) is 31.1 Å². The molecule has 0 aromatic heterocycles. The van der Waals surface area contributed by atoms with Crippen molar-refractivity contribution in [2.24, 2.45) is 5.92 Å². The van der Waals surface area contributed by atoms with Crippen molar-refractivity contribution < 1.29 is 24.0 Å². The van der Waals surface area contributed by atoms with Crippen LogP contribution < -0.4 is 0 Å². The zero-order valence-electron chi connectivity index (χ0n) is 10.5. The predicted octanol–water partition coefficient (Wildman–Crippen LogP) is 1.10. The largest absolute Gasteiger partial charge is 0.468 e. The van der Waals surface area contributed by atoms with Crippen LogP contribution in [0.4, 0.5) is 5.69 Å². The van der Waals surface area contributed by atoms with E-state index in [-0.39, 0.29) is 12.1 Å².